The number of likely N-dealkylation sites (tertiary alicyclic amines) is 1. The summed E-state index contributed by atoms with van der Waals surface area (Å²) >= 11 is 0. The maximum Gasteiger partial charge on any atom is 0.290 e. The lowest BCUT2D eigenvalue weighted by molar-refractivity contribution is -0.122. The number of benzene rings is 1. The van der Waals surface area contributed by atoms with Crippen molar-refractivity contribution in [3.63, 3.8) is 0 Å². The van der Waals surface area contributed by atoms with Crippen LogP contribution in [0.4, 0.5) is 0 Å². The molecule has 1 aliphatic rings. The van der Waals surface area contributed by atoms with Crippen molar-refractivity contribution >= 4 is 6.47 Å². The Hall–Kier alpha value is -2.36. The molecule has 1 aromatic carbocycles. The van der Waals surface area contributed by atoms with Gasteiger partial charge in [0.25, 0.3) is 6.47 Å². The van der Waals surface area contributed by atoms with Gasteiger partial charge in [-0.05, 0) is 23.6 Å². The molecule has 9 nitrogen and oxygen atoms in total. The molecule has 0 spiro atoms. The molecule has 0 bridgehead atoms. The van der Waals surface area contributed by atoms with E-state index in [4.69, 9.17) is 9.90 Å². The van der Waals surface area contributed by atoms with Crippen molar-refractivity contribution < 1.29 is 20.1 Å². The number of rotatable bonds is 6. The van der Waals surface area contributed by atoms with Crippen molar-refractivity contribution in [1.82, 2.24) is 25.5 Å². The van der Waals surface area contributed by atoms with Crippen LogP contribution < -0.4 is 0 Å². The average Bonchev–Trinajstić information content (AvgIpc) is 3.21. The molecule has 148 valence electrons. The van der Waals surface area contributed by atoms with Gasteiger partial charge >= 0.3 is 0 Å². The number of nitrogens with zero attached hydrogens (tertiary/aromatic N) is 4. The van der Waals surface area contributed by atoms with Gasteiger partial charge in [-0.15, -0.1) is 10.2 Å². The van der Waals surface area contributed by atoms with Gasteiger partial charge < -0.3 is 15.3 Å². The van der Waals surface area contributed by atoms with E-state index in [1.54, 1.807) is 0 Å². The number of piperidine rings is 1. The minimum absolute atomic E-state index is 0.0370. The third-order valence-corrected chi connectivity index (χ3v) is 4.99. The van der Waals surface area contributed by atoms with Gasteiger partial charge in [-0.1, -0.05) is 37.6 Å². The van der Waals surface area contributed by atoms with Crippen LogP contribution in [-0.4, -0.2) is 73.1 Å². The summed E-state index contributed by atoms with van der Waals surface area (Å²) in [4.78, 5) is 10.7. The smallest absolute Gasteiger partial charge is 0.290 e. The van der Waals surface area contributed by atoms with Crippen molar-refractivity contribution in [3.8, 4) is 11.4 Å². The van der Waals surface area contributed by atoms with Crippen LogP contribution in [0, 0.1) is 5.41 Å². The summed E-state index contributed by atoms with van der Waals surface area (Å²) in [6.07, 6.45) is 2.10. The summed E-state index contributed by atoms with van der Waals surface area (Å²) in [6.45, 7) is 4.27. The predicted molar refractivity (Wildman–Crippen MR) is 98.6 cm³/mol. The van der Waals surface area contributed by atoms with Gasteiger partial charge in [0, 0.05) is 30.6 Å². The molecule has 4 N–H and O–H groups in total. The number of nitrogens with one attached hydrogen (secondary N) is 1. The van der Waals surface area contributed by atoms with Gasteiger partial charge in [-0.25, -0.2) is 0 Å². The van der Waals surface area contributed by atoms with Gasteiger partial charge in [-0.3, -0.25) is 9.69 Å². The number of H-pyrrole nitrogens is 1. The SMILES string of the molecule is CCC[C@@]1(CO)CN(Cc2ccc(-c3nn[nH]n3)cc2)CC[C@@H]1O.O=CO. The number of carboxylic acid groups (broad SMARTS) is 1. The lowest BCUT2D eigenvalue weighted by Gasteiger charge is -2.45. The normalized spacial score (nSPS) is 22.7. The van der Waals surface area contributed by atoms with E-state index in [1.807, 2.05) is 12.1 Å². The van der Waals surface area contributed by atoms with Crippen LogP contribution >= 0.6 is 0 Å². The zero-order valence-electron chi connectivity index (χ0n) is 15.5. The topological polar surface area (TPSA) is 135 Å². The van der Waals surface area contributed by atoms with Crippen LogP contribution in [0.1, 0.15) is 31.7 Å². The van der Waals surface area contributed by atoms with E-state index in [0.29, 0.717) is 12.2 Å². The van der Waals surface area contributed by atoms with Gasteiger partial charge in [-0.2, -0.15) is 5.21 Å². The molecule has 27 heavy (non-hydrogen) atoms. The number of tetrazole rings is 1. The van der Waals surface area contributed by atoms with E-state index in [1.165, 1.54) is 5.56 Å². The van der Waals surface area contributed by atoms with Gasteiger partial charge in [0.05, 0.1) is 12.7 Å². The van der Waals surface area contributed by atoms with Gasteiger partial charge in [0.1, 0.15) is 0 Å². The Balaban J connectivity index is 0.000000817. The molecule has 1 aromatic heterocycles. The zero-order chi connectivity index (χ0) is 19.7. The van der Waals surface area contributed by atoms with E-state index < -0.39 is 11.5 Å². The Morgan fingerprint density at radius 2 is 2.07 bits per heavy atom. The predicted octanol–water partition coefficient (Wildman–Crippen LogP) is 0.913. The summed E-state index contributed by atoms with van der Waals surface area (Å²) in [6, 6.07) is 8.11. The fourth-order valence-corrected chi connectivity index (χ4v) is 3.66. The molecule has 1 aliphatic heterocycles. The Bertz CT molecular complexity index is 680. The Morgan fingerprint density at radius 3 is 2.63 bits per heavy atom. The van der Waals surface area contributed by atoms with Crippen LogP contribution in [0.5, 0.6) is 0 Å². The Morgan fingerprint density at radius 1 is 1.37 bits per heavy atom. The highest BCUT2D eigenvalue weighted by atomic mass is 16.3. The van der Waals surface area contributed by atoms with Gasteiger partial charge in [0.15, 0.2) is 0 Å². The van der Waals surface area contributed by atoms with Crippen molar-refractivity contribution in [2.24, 2.45) is 5.41 Å². The second-order valence-electron chi connectivity index (χ2n) is 6.82. The van der Waals surface area contributed by atoms with Crippen LogP contribution in [-0.2, 0) is 11.3 Å². The Kier molecular flexibility index (Phi) is 7.83. The molecular weight excluding hydrogens is 350 g/mol. The van der Waals surface area contributed by atoms with Gasteiger partial charge in [0.2, 0.25) is 5.82 Å². The van der Waals surface area contributed by atoms with Crippen LogP contribution in [0.2, 0.25) is 0 Å². The second kappa shape index (κ2) is 10.1. The maximum absolute atomic E-state index is 10.4. The van der Waals surface area contributed by atoms with E-state index in [2.05, 4.69) is 44.6 Å². The molecule has 3 rings (SSSR count). The lowest BCUT2D eigenvalue weighted by Crippen LogP contribution is -2.53. The monoisotopic (exact) mass is 377 g/mol. The average molecular weight is 377 g/mol. The second-order valence-corrected chi connectivity index (χ2v) is 6.82. The fourth-order valence-electron chi connectivity index (χ4n) is 3.66. The first kappa shape index (κ1) is 20.9. The summed E-state index contributed by atoms with van der Waals surface area (Å²) in [5.74, 6) is 0.588. The number of carbonyl (C=O) groups is 1. The quantitative estimate of drug-likeness (QED) is 0.546. The fraction of sp³-hybridized carbons (Fsp3) is 0.556. The maximum atomic E-state index is 10.4. The largest absolute Gasteiger partial charge is 0.483 e. The van der Waals surface area contributed by atoms with Crippen molar-refractivity contribution in [2.75, 3.05) is 19.7 Å². The standard InChI is InChI=1S/C17H25N5O2.CH2O2/c1-2-8-17(12-23)11-22(9-7-15(17)24)10-13-3-5-14(6-4-13)16-18-20-21-19-16;2-1-3/h3-6,15,23-24H,2,7-12H2,1H3,(H,18,19,20,21);1H,(H,2,3)/t15-,17-;/m0./s1. The summed E-state index contributed by atoms with van der Waals surface area (Å²) in [5, 5.41) is 41.1. The summed E-state index contributed by atoms with van der Waals surface area (Å²) in [7, 11) is 0. The number of hydrogen-bond donors (Lipinski definition) is 4. The van der Waals surface area contributed by atoms with E-state index >= 15 is 0 Å². The van der Waals surface area contributed by atoms with E-state index in [9.17, 15) is 10.2 Å². The molecule has 1 fully saturated rings. The van der Waals surface area contributed by atoms with E-state index in [-0.39, 0.29) is 13.1 Å². The zero-order valence-corrected chi connectivity index (χ0v) is 15.5. The molecular formula is C18H27N5O4. The van der Waals surface area contributed by atoms with Crippen LogP contribution in [0.3, 0.4) is 0 Å². The number of aliphatic hydroxyl groups is 2. The lowest BCUT2D eigenvalue weighted by atomic mass is 9.74. The molecule has 0 unspecified atom stereocenters. The number of hydrogen-bond acceptors (Lipinski definition) is 7. The van der Waals surface area contributed by atoms with E-state index in [0.717, 1.165) is 38.0 Å². The third-order valence-electron chi connectivity index (χ3n) is 4.99. The highest BCUT2D eigenvalue weighted by Gasteiger charge is 2.41. The van der Waals surface area contributed by atoms with Crippen molar-refractivity contribution in [1.29, 1.82) is 0 Å². The molecule has 9 heteroatoms. The minimum Gasteiger partial charge on any atom is -0.483 e. The molecule has 0 radical (unpaired) electrons. The molecule has 0 saturated carbocycles. The number of aromatic nitrogens is 4. The molecule has 2 aromatic rings. The van der Waals surface area contributed by atoms with Crippen LogP contribution in [0.15, 0.2) is 24.3 Å². The first-order valence-electron chi connectivity index (χ1n) is 9.00. The summed E-state index contributed by atoms with van der Waals surface area (Å²) < 4.78 is 0. The molecule has 0 aliphatic carbocycles. The van der Waals surface area contributed by atoms with Crippen molar-refractivity contribution in [3.05, 3.63) is 29.8 Å². The minimum atomic E-state index is -0.417. The van der Waals surface area contributed by atoms with Crippen LogP contribution in [0.25, 0.3) is 11.4 Å². The molecule has 2 heterocycles. The first-order chi connectivity index (χ1) is 13.1. The Labute approximate surface area is 158 Å². The number of aromatic amines is 1. The molecule has 1 saturated heterocycles. The first-order valence-corrected chi connectivity index (χ1v) is 9.00. The third kappa shape index (κ3) is 5.31. The highest BCUT2D eigenvalue weighted by Crippen LogP contribution is 2.35. The summed E-state index contributed by atoms with van der Waals surface area (Å²) in [5.41, 5.74) is 1.73. The molecule has 2 atom stereocenters. The molecule has 0 amide bonds. The highest BCUT2D eigenvalue weighted by molar-refractivity contribution is 5.54. The van der Waals surface area contributed by atoms with Crippen molar-refractivity contribution in [2.45, 2.75) is 38.8 Å². The number of aliphatic hydroxyl groups excluding tert-OH is 2.